The highest BCUT2D eigenvalue weighted by Gasteiger charge is 2.40. The Labute approximate surface area is 126 Å². The van der Waals surface area contributed by atoms with Gasteiger partial charge in [-0.25, -0.2) is 0 Å². The van der Waals surface area contributed by atoms with Crippen molar-refractivity contribution < 1.29 is 14.4 Å². The summed E-state index contributed by atoms with van der Waals surface area (Å²) in [4.78, 5) is 38.9. The Hall–Kier alpha value is -2.14. The SMILES string of the molecule is CN1CC2=C(C(=O)C=CC2=O)C(Sc2ccccc2)C1=O. The van der Waals surface area contributed by atoms with Crippen LogP contribution >= 0.6 is 11.8 Å². The normalized spacial score (nSPS) is 21.9. The van der Waals surface area contributed by atoms with E-state index >= 15 is 0 Å². The number of rotatable bonds is 2. The molecule has 4 nitrogen and oxygen atoms in total. The second-order valence-electron chi connectivity index (χ2n) is 4.96. The number of allylic oxidation sites excluding steroid dienone is 2. The lowest BCUT2D eigenvalue weighted by Crippen LogP contribution is -2.45. The van der Waals surface area contributed by atoms with E-state index in [1.165, 1.54) is 28.8 Å². The van der Waals surface area contributed by atoms with Gasteiger partial charge in [0.05, 0.1) is 0 Å². The van der Waals surface area contributed by atoms with Gasteiger partial charge in [-0.2, -0.15) is 0 Å². The van der Waals surface area contributed by atoms with Crippen LogP contribution in [0.4, 0.5) is 0 Å². The average molecular weight is 299 g/mol. The van der Waals surface area contributed by atoms with Crippen LogP contribution in [0.5, 0.6) is 0 Å². The summed E-state index contributed by atoms with van der Waals surface area (Å²) in [6, 6.07) is 9.42. The number of carbonyl (C=O) groups excluding carboxylic acids is 3. The molecule has 0 N–H and O–H groups in total. The van der Waals surface area contributed by atoms with Crippen molar-refractivity contribution in [2.75, 3.05) is 13.6 Å². The van der Waals surface area contributed by atoms with Crippen LogP contribution in [0.25, 0.3) is 0 Å². The predicted molar refractivity (Wildman–Crippen MR) is 79.9 cm³/mol. The third-order valence-corrected chi connectivity index (χ3v) is 4.75. The van der Waals surface area contributed by atoms with Crippen LogP contribution in [-0.4, -0.2) is 41.2 Å². The van der Waals surface area contributed by atoms with Gasteiger partial charge in [0.1, 0.15) is 5.25 Å². The molecule has 1 aromatic rings. The maximum absolute atomic E-state index is 12.4. The Morgan fingerprint density at radius 3 is 2.43 bits per heavy atom. The number of hydrogen-bond acceptors (Lipinski definition) is 4. The number of hydrogen-bond donors (Lipinski definition) is 0. The molecule has 1 aliphatic heterocycles. The molecule has 0 fully saturated rings. The van der Waals surface area contributed by atoms with E-state index in [1.807, 2.05) is 30.3 Å². The Morgan fingerprint density at radius 2 is 1.71 bits per heavy atom. The van der Waals surface area contributed by atoms with Crippen LogP contribution in [-0.2, 0) is 14.4 Å². The molecule has 1 unspecified atom stereocenters. The third kappa shape index (κ3) is 2.45. The van der Waals surface area contributed by atoms with Gasteiger partial charge < -0.3 is 4.90 Å². The van der Waals surface area contributed by atoms with E-state index in [2.05, 4.69) is 0 Å². The fourth-order valence-electron chi connectivity index (χ4n) is 2.46. The number of amides is 1. The maximum atomic E-state index is 12.4. The number of carbonyl (C=O) groups is 3. The van der Waals surface area contributed by atoms with Gasteiger partial charge in [-0.3, -0.25) is 14.4 Å². The van der Waals surface area contributed by atoms with Crippen molar-refractivity contribution in [3.8, 4) is 0 Å². The van der Waals surface area contributed by atoms with Crippen molar-refractivity contribution in [2.24, 2.45) is 0 Å². The van der Waals surface area contributed by atoms with Gasteiger partial charge in [-0.1, -0.05) is 18.2 Å². The molecule has 1 amide bonds. The summed E-state index contributed by atoms with van der Waals surface area (Å²) >= 11 is 1.31. The first kappa shape index (κ1) is 13.8. The van der Waals surface area contributed by atoms with Crippen LogP contribution in [0.3, 0.4) is 0 Å². The van der Waals surface area contributed by atoms with Crippen molar-refractivity contribution in [2.45, 2.75) is 10.1 Å². The van der Waals surface area contributed by atoms with E-state index in [0.29, 0.717) is 11.1 Å². The topological polar surface area (TPSA) is 54.5 Å². The van der Waals surface area contributed by atoms with Gasteiger partial charge in [0.2, 0.25) is 5.91 Å². The first-order valence-corrected chi connectivity index (χ1v) is 7.42. The first-order valence-electron chi connectivity index (χ1n) is 6.54. The molecule has 0 saturated carbocycles. The smallest absolute Gasteiger partial charge is 0.240 e. The highest BCUT2D eigenvalue weighted by Crippen LogP contribution is 2.35. The van der Waals surface area contributed by atoms with E-state index in [9.17, 15) is 14.4 Å². The average Bonchev–Trinajstić information content (AvgIpc) is 2.49. The Morgan fingerprint density at radius 1 is 1.05 bits per heavy atom. The number of nitrogens with zero attached hydrogens (tertiary/aromatic N) is 1. The zero-order valence-electron chi connectivity index (χ0n) is 11.4. The lowest BCUT2D eigenvalue weighted by Gasteiger charge is -2.32. The number of likely N-dealkylation sites (N-methyl/N-ethyl adjacent to an activating group) is 1. The molecule has 21 heavy (non-hydrogen) atoms. The molecule has 0 aromatic heterocycles. The van der Waals surface area contributed by atoms with Crippen molar-refractivity contribution >= 4 is 29.2 Å². The molecule has 106 valence electrons. The number of ketones is 2. The minimum atomic E-state index is -0.650. The molecule has 0 saturated heterocycles. The fraction of sp³-hybridized carbons (Fsp3) is 0.188. The van der Waals surface area contributed by atoms with Crippen molar-refractivity contribution in [1.29, 1.82) is 0 Å². The summed E-state index contributed by atoms with van der Waals surface area (Å²) in [7, 11) is 1.65. The van der Waals surface area contributed by atoms with E-state index in [-0.39, 0.29) is 24.0 Å². The summed E-state index contributed by atoms with van der Waals surface area (Å²) in [6.45, 7) is 0.203. The van der Waals surface area contributed by atoms with Crippen LogP contribution in [0.2, 0.25) is 0 Å². The molecule has 1 heterocycles. The van der Waals surface area contributed by atoms with Gasteiger partial charge >= 0.3 is 0 Å². The van der Waals surface area contributed by atoms with Gasteiger partial charge in [0, 0.05) is 29.6 Å². The Kier molecular flexibility index (Phi) is 3.51. The van der Waals surface area contributed by atoms with Crippen LogP contribution < -0.4 is 0 Å². The van der Waals surface area contributed by atoms with E-state index in [4.69, 9.17) is 0 Å². The van der Waals surface area contributed by atoms with Crippen molar-refractivity contribution in [1.82, 2.24) is 4.90 Å². The zero-order valence-corrected chi connectivity index (χ0v) is 12.2. The Bertz CT molecular complexity index is 691. The number of benzene rings is 1. The molecule has 3 rings (SSSR count). The number of thioether (sulfide) groups is 1. The summed E-state index contributed by atoms with van der Waals surface area (Å²) in [5.41, 5.74) is 0.789. The minimum Gasteiger partial charge on any atom is -0.340 e. The van der Waals surface area contributed by atoms with E-state index < -0.39 is 5.25 Å². The molecule has 1 aliphatic carbocycles. The highest BCUT2D eigenvalue weighted by molar-refractivity contribution is 8.01. The van der Waals surface area contributed by atoms with E-state index in [0.717, 1.165) is 4.90 Å². The Balaban J connectivity index is 2.03. The predicted octanol–water partition coefficient (Wildman–Crippen LogP) is 1.62. The molecule has 0 spiro atoms. The standard InChI is InChI=1S/C16H13NO3S/c1-17-9-11-12(18)7-8-13(19)14(11)15(16(17)20)21-10-5-3-2-4-6-10/h2-8,15H,9H2,1H3. The summed E-state index contributed by atoms with van der Waals surface area (Å²) < 4.78 is 0. The quantitative estimate of drug-likeness (QED) is 0.779. The van der Waals surface area contributed by atoms with E-state index in [1.54, 1.807) is 7.05 Å². The van der Waals surface area contributed by atoms with Crippen molar-refractivity contribution in [3.05, 3.63) is 53.6 Å². The van der Waals surface area contributed by atoms with Gasteiger partial charge in [-0.05, 0) is 24.3 Å². The molecule has 5 heteroatoms. The molecule has 1 aromatic carbocycles. The van der Waals surface area contributed by atoms with Crippen LogP contribution in [0.1, 0.15) is 0 Å². The first-order chi connectivity index (χ1) is 10.1. The molecular formula is C16H13NO3S. The lowest BCUT2D eigenvalue weighted by molar-refractivity contribution is -0.130. The zero-order chi connectivity index (χ0) is 15.0. The highest BCUT2D eigenvalue weighted by atomic mass is 32.2. The maximum Gasteiger partial charge on any atom is 0.240 e. The van der Waals surface area contributed by atoms with Crippen LogP contribution in [0.15, 0.2) is 58.5 Å². The lowest BCUT2D eigenvalue weighted by atomic mass is 9.89. The fourth-order valence-corrected chi connectivity index (χ4v) is 3.70. The van der Waals surface area contributed by atoms with Crippen LogP contribution in [0, 0.1) is 0 Å². The summed E-state index contributed by atoms with van der Waals surface area (Å²) in [5, 5.41) is -0.650. The van der Waals surface area contributed by atoms with Crippen molar-refractivity contribution in [3.63, 3.8) is 0 Å². The van der Waals surface area contributed by atoms with Gasteiger partial charge in [-0.15, -0.1) is 11.8 Å². The van der Waals surface area contributed by atoms with Gasteiger partial charge in [0.25, 0.3) is 0 Å². The third-order valence-electron chi connectivity index (χ3n) is 3.53. The minimum absolute atomic E-state index is 0.140. The summed E-state index contributed by atoms with van der Waals surface area (Å²) in [6.07, 6.45) is 2.55. The second-order valence-corrected chi connectivity index (χ2v) is 6.14. The second kappa shape index (κ2) is 5.33. The summed E-state index contributed by atoms with van der Waals surface area (Å²) in [5.74, 6) is -0.554. The largest absolute Gasteiger partial charge is 0.340 e. The molecule has 0 bridgehead atoms. The van der Waals surface area contributed by atoms with Gasteiger partial charge in [0.15, 0.2) is 11.6 Å². The molecule has 2 aliphatic rings. The monoisotopic (exact) mass is 299 g/mol. The molecule has 1 atom stereocenters. The molecule has 0 radical (unpaired) electrons. The molecular weight excluding hydrogens is 286 g/mol.